The lowest BCUT2D eigenvalue weighted by molar-refractivity contribution is 0.0620. The molecule has 1 heterocycles. The van der Waals surface area contributed by atoms with Crippen LogP contribution in [-0.2, 0) is 6.54 Å². The number of hydrogen-bond acceptors (Lipinski definition) is 4. The molecule has 1 aromatic heterocycles. The molecule has 104 valence electrons. The summed E-state index contributed by atoms with van der Waals surface area (Å²) in [6, 6.07) is 2.22. The Hall–Kier alpha value is -0.100. The van der Waals surface area contributed by atoms with E-state index in [0.29, 0.717) is 0 Å². The maximum absolute atomic E-state index is 9.54. The molecule has 1 atom stereocenters. The van der Waals surface area contributed by atoms with Gasteiger partial charge in [0.25, 0.3) is 0 Å². The summed E-state index contributed by atoms with van der Waals surface area (Å²) in [6.07, 6.45) is 0. The molecule has 0 aliphatic heterocycles. The zero-order chi connectivity index (χ0) is 13.9. The molecule has 0 amide bonds. The number of halogens is 1. The number of thiophene rings is 1. The van der Waals surface area contributed by atoms with Crippen molar-refractivity contribution in [3.05, 3.63) is 15.4 Å². The van der Waals surface area contributed by atoms with Crippen LogP contribution in [0.5, 0.6) is 5.06 Å². The third-order valence-corrected chi connectivity index (χ3v) is 4.93. The number of hydrogen-bond donors (Lipinski definition) is 1. The lowest BCUT2D eigenvalue weighted by Gasteiger charge is -2.36. The molecular weight excluding hydrogens is 314 g/mol. The Balaban J connectivity index is 2.76. The summed E-state index contributed by atoms with van der Waals surface area (Å²) in [5, 5.41) is 10.4. The van der Waals surface area contributed by atoms with Crippen molar-refractivity contribution in [2.75, 3.05) is 20.8 Å². The van der Waals surface area contributed by atoms with Crippen molar-refractivity contribution in [1.29, 1.82) is 0 Å². The molecule has 1 aromatic rings. The minimum absolute atomic E-state index is 0.0576. The first-order valence-electron chi connectivity index (χ1n) is 5.93. The Kier molecular flexibility index (Phi) is 5.65. The van der Waals surface area contributed by atoms with Crippen LogP contribution in [0, 0.1) is 5.41 Å². The van der Waals surface area contributed by atoms with E-state index in [9.17, 15) is 5.11 Å². The fraction of sp³-hybridized carbons (Fsp3) is 0.692. The monoisotopic (exact) mass is 335 g/mol. The Morgan fingerprint density at radius 2 is 2.11 bits per heavy atom. The van der Waals surface area contributed by atoms with Crippen LogP contribution in [0.1, 0.15) is 25.6 Å². The van der Waals surface area contributed by atoms with Crippen molar-refractivity contribution >= 4 is 27.3 Å². The maximum Gasteiger partial charge on any atom is 0.188 e. The number of rotatable bonds is 5. The quantitative estimate of drug-likeness (QED) is 0.895. The van der Waals surface area contributed by atoms with Gasteiger partial charge in [0.05, 0.1) is 18.2 Å². The Morgan fingerprint density at radius 3 is 2.50 bits per heavy atom. The third kappa shape index (κ3) is 3.95. The molecule has 0 spiro atoms. The molecule has 1 N–H and O–H groups in total. The lowest BCUT2D eigenvalue weighted by atomic mass is 9.86. The van der Waals surface area contributed by atoms with Gasteiger partial charge in [-0.1, -0.05) is 20.8 Å². The van der Waals surface area contributed by atoms with Crippen molar-refractivity contribution in [3.63, 3.8) is 0 Å². The first-order chi connectivity index (χ1) is 8.29. The topological polar surface area (TPSA) is 32.7 Å². The molecule has 0 aliphatic rings. The van der Waals surface area contributed by atoms with Gasteiger partial charge in [-0.05, 0) is 34.5 Å². The van der Waals surface area contributed by atoms with Crippen LogP contribution in [-0.4, -0.2) is 36.8 Å². The van der Waals surface area contributed by atoms with Crippen LogP contribution >= 0.6 is 27.3 Å². The Morgan fingerprint density at radius 1 is 1.50 bits per heavy atom. The highest BCUT2D eigenvalue weighted by molar-refractivity contribution is 9.10. The standard InChI is InChI=1S/C13H22BrNO2S/c1-13(2,3)11(8-16)15(4)7-9-6-10(14)12(17-5)18-9/h6,11,16H,7-8H2,1-5H3. The average molecular weight is 336 g/mol. The zero-order valence-corrected chi connectivity index (χ0v) is 14.1. The highest BCUT2D eigenvalue weighted by Crippen LogP contribution is 2.36. The molecule has 0 fully saturated rings. The van der Waals surface area contributed by atoms with E-state index in [-0.39, 0.29) is 18.1 Å². The summed E-state index contributed by atoms with van der Waals surface area (Å²) in [5.41, 5.74) is 0.0576. The van der Waals surface area contributed by atoms with E-state index < -0.39 is 0 Å². The first-order valence-corrected chi connectivity index (χ1v) is 7.53. The van der Waals surface area contributed by atoms with Gasteiger partial charge in [0.2, 0.25) is 0 Å². The zero-order valence-electron chi connectivity index (χ0n) is 11.7. The second kappa shape index (κ2) is 6.37. The van der Waals surface area contributed by atoms with E-state index in [1.54, 1.807) is 18.4 Å². The van der Waals surface area contributed by atoms with Gasteiger partial charge in [-0.3, -0.25) is 4.90 Å². The molecule has 3 nitrogen and oxygen atoms in total. The SMILES string of the molecule is COc1sc(CN(C)C(CO)C(C)(C)C)cc1Br. The summed E-state index contributed by atoms with van der Waals surface area (Å²) in [5.74, 6) is 0. The van der Waals surface area contributed by atoms with E-state index in [2.05, 4.69) is 47.7 Å². The van der Waals surface area contributed by atoms with Gasteiger partial charge >= 0.3 is 0 Å². The number of likely N-dealkylation sites (N-methyl/N-ethyl adjacent to an activating group) is 1. The Labute approximate surface area is 122 Å². The molecule has 0 saturated heterocycles. The number of aliphatic hydroxyl groups is 1. The van der Waals surface area contributed by atoms with Crippen molar-refractivity contribution in [1.82, 2.24) is 4.90 Å². The molecule has 0 bridgehead atoms. The van der Waals surface area contributed by atoms with Crippen molar-refractivity contribution in [2.24, 2.45) is 5.41 Å². The van der Waals surface area contributed by atoms with Crippen LogP contribution in [0.3, 0.4) is 0 Å². The number of aliphatic hydroxyl groups excluding tert-OH is 1. The first kappa shape index (κ1) is 16.0. The second-order valence-corrected chi connectivity index (χ2v) is 7.49. The predicted molar refractivity (Wildman–Crippen MR) is 80.4 cm³/mol. The van der Waals surface area contributed by atoms with Gasteiger partial charge in [0.1, 0.15) is 0 Å². The molecule has 0 saturated carbocycles. The van der Waals surface area contributed by atoms with Crippen molar-refractivity contribution in [2.45, 2.75) is 33.4 Å². The number of methoxy groups -OCH3 is 1. The van der Waals surface area contributed by atoms with E-state index in [0.717, 1.165) is 16.1 Å². The molecule has 1 rings (SSSR count). The van der Waals surface area contributed by atoms with E-state index in [4.69, 9.17) is 4.74 Å². The lowest BCUT2D eigenvalue weighted by Crippen LogP contribution is -2.43. The van der Waals surface area contributed by atoms with Crippen LogP contribution < -0.4 is 4.74 Å². The fourth-order valence-corrected chi connectivity index (χ4v) is 3.80. The van der Waals surface area contributed by atoms with Crippen LogP contribution in [0.2, 0.25) is 0 Å². The smallest absolute Gasteiger partial charge is 0.188 e. The summed E-state index contributed by atoms with van der Waals surface area (Å²) in [4.78, 5) is 3.42. The number of nitrogens with zero attached hydrogens (tertiary/aromatic N) is 1. The van der Waals surface area contributed by atoms with Crippen LogP contribution in [0.15, 0.2) is 10.5 Å². The average Bonchev–Trinajstić information content (AvgIpc) is 2.57. The Bertz CT molecular complexity index is 387. The van der Waals surface area contributed by atoms with Crippen molar-refractivity contribution < 1.29 is 9.84 Å². The summed E-state index contributed by atoms with van der Waals surface area (Å²) >= 11 is 5.11. The maximum atomic E-state index is 9.54. The highest BCUT2D eigenvalue weighted by Gasteiger charge is 2.28. The second-order valence-electron chi connectivity index (χ2n) is 5.53. The normalized spacial score (nSPS) is 14.0. The molecule has 0 radical (unpaired) electrons. The molecule has 0 aliphatic carbocycles. The van der Waals surface area contributed by atoms with Gasteiger partial charge in [-0.25, -0.2) is 0 Å². The molecular formula is C13H22BrNO2S. The summed E-state index contributed by atoms with van der Waals surface area (Å²) in [7, 11) is 3.72. The van der Waals surface area contributed by atoms with Crippen molar-refractivity contribution in [3.8, 4) is 5.06 Å². The van der Waals surface area contributed by atoms with E-state index in [1.165, 1.54) is 4.88 Å². The third-order valence-electron chi connectivity index (χ3n) is 3.00. The molecule has 5 heteroatoms. The van der Waals surface area contributed by atoms with Gasteiger partial charge in [0.15, 0.2) is 5.06 Å². The van der Waals surface area contributed by atoms with Crippen LogP contribution in [0.4, 0.5) is 0 Å². The van der Waals surface area contributed by atoms with Crippen LogP contribution in [0.25, 0.3) is 0 Å². The minimum atomic E-state index is 0.0576. The summed E-state index contributed by atoms with van der Waals surface area (Å²) < 4.78 is 6.26. The molecule has 1 unspecified atom stereocenters. The fourth-order valence-electron chi connectivity index (χ4n) is 2.05. The number of ether oxygens (including phenoxy) is 1. The minimum Gasteiger partial charge on any atom is -0.486 e. The van der Waals surface area contributed by atoms with Gasteiger partial charge in [0, 0.05) is 17.5 Å². The largest absolute Gasteiger partial charge is 0.486 e. The van der Waals surface area contributed by atoms with Gasteiger partial charge in [-0.15, -0.1) is 11.3 Å². The van der Waals surface area contributed by atoms with Gasteiger partial charge in [-0.2, -0.15) is 0 Å². The van der Waals surface area contributed by atoms with E-state index in [1.807, 2.05) is 7.05 Å². The van der Waals surface area contributed by atoms with Gasteiger partial charge < -0.3 is 9.84 Å². The highest BCUT2D eigenvalue weighted by atomic mass is 79.9. The van der Waals surface area contributed by atoms with E-state index >= 15 is 0 Å². The summed E-state index contributed by atoms with van der Waals surface area (Å²) in [6.45, 7) is 7.43. The predicted octanol–water partition coefficient (Wildman–Crippen LogP) is 3.36. The molecule has 0 aromatic carbocycles. The molecule has 18 heavy (non-hydrogen) atoms.